The van der Waals surface area contributed by atoms with E-state index in [0.29, 0.717) is 18.1 Å². The van der Waals surface area contributed by atoms with Gasteiger partial charge in [0.15, 0.2) is 0 Å². The van der Waals surface area contributed by atoms with Gasteiger partial charge in [-0.05, 0) is 6.07 Å². The van der Waals surface area contributed by atoms with Gasteiger partial charge in [-0.1, -0.05) is 0 Å². The summed E-state index contributed by atoms with van der Waals surface area (Å²) in [6.07, 6.45) is 3.33. The number of nitrogens with zero attached hydrogens (tertiary/aromatic N) is 1. The van der Waals surface area contributed by atoms with E-state index < -0.39 is 10.8 Å². The summed E-state index contributed by atoms with van der Waals surface area (Å²) in [4.78, 5) is 3.96. The van der Waals surface area contributed by atoms with Crippen molar-refractivity contribution in [1.82, 2.24) is 4.98 Å². The highest BCUT2D eigenvalue weighted by atomic mass is 32.2. The number of hydrogen-bond acceptors (Lipinski definition) is 5. The van der Waals surface area contributed by atoms with Crippen molar-refractivity contribution < 1.29 is 4.21 Å². The molecule has 1 heterocycles. The lowest BCUT2D eigenvalue weighted by atomic mass is 10.4. The van der Waals surface area contributed by atoms with Crippen LogP contribution in [0.2, 0.25) is 0 Å². The third-order valence-electron chi connectivity index (χ3n) is 1.63. The fourth-order valence-corrected chi connectivity index (χ4v) is 1.35. The molecule has 1 aromatic rings. The minimum atomic E-state index is -0.765. The summed E-state index contributed by atoms with van der Waals surface area (Å²) < 4.78 is 10.8. The first-order valence-corrected chi connectivity index (χ1v) is 5.91. The Morgan fingerprint density at radius 3 is 3.07 bits per heavy atom. The van der Waals surface area contributed by atoms with E-state index in [2.05, 4.69) is 15.7 Å². The molecule has 0 aliphatic rings. The summed E-state index contributed by atoms with van der Waals surface area (Å²) in [7, 11) is -0.765. The third kappa shape index (κ3) is 3.71. The van der Waals surface area contributed by atoms with Gasteiger partial charge in [0.1, 0.15) is 5.82 Å². The maximum atomic E-state index is 10.8. The summed E-state index contributed by atoms with van der Waals surface area (Å²) in [5.41, 5.74) is 3.37. The van der Waals surface area contributed by atoms with Crippen LogP contribution in [0.3, 0.4) is 0 Å². The predicted molar refractivity (Wildman–Crippen MR) is 59.5 cm³/mol. The molecule has 0 spiro atoms. The lowest BCUT2D eigenvalue weighted by molar-refractivity contribution is 0.687. The smallest absolute Gasteiger partial charge is 0.141 e. The first kappa shape index (κ1) is 10.9. The van der Waals surface area contributed by atoms with E-state index in [9.17, 15) is 4.21 Å². The SMILES string of the molecule is CS(=O)CCNc1ccnc(NN)c1. The Kier molecular flexibility index (Phi) is 4.34. The molecule has 4 N–H and O–H groups in total. The second-order valence-corrected chi connectivity index (χ2v) is 4.33. The molecule has 1 aromatic heterocycles. The molecule has 0 aromatic carbocycles. The molecule has 0 aliphatic heterocycles. The van der Waals surface area contributed by atoms with Crippen molar-refractivity contribution in [3.63, 3.8) is 0 Å². The summed E-state index contributed by atoms with van der Waals surface area (Å²) >= 11 is 0. The van der Waals surface area contributed by atoms with E-state index in [1.807, 2.05) is 6.07 Å². The number of nitrogens with two attached hydrogens (primary N) is 1. The fourth-order valence-electron chi connectivity index (χ4n) is 0.959. The molecule has 0 radical (unpaired) electrons. The number of nitrogens with one attached hydrogen (secondary N) is 2. The molecule has 14 heavy (non-hydrogen) atoms. The van der Waals surface area contributed by atoms with Crippen molar-refractivity contribution >= 4 is 22.3 Å². The average molecular weight is 214 g/mol. The highest BCUT2D eigenvalue weighted by Crippen LogP contribution is 2.09. The van der Waals surface area contributed by atoms with Crippen LogP contribution in [0.25, 0.3) is 0 Å². The number of nitrogen functional groups attached to an aromatic ring is 1. The van der Waals surface area contributed by atoms with Gasteiger partial charge < -0.3 is 10.7 Å². The van der Waals surface area contributed by atoms with Crippen LogP contribution in [-0.4, -0.2) is 27.7 Å². The molecule has 0 saturated carbocycles. The molecular formula is C8H14N4OS. The third-order valence-corrected chi connectivity index (χ3v) is 2.41. The van der Waals surface area contributed by atoms with Crippen LogP contribution in [-0.2, 0) is 10.8 Å². The Morgan fingerprint density at radius 2 is 2.43 bits per heavy atom. The fraction of sp³-hybridized carbons (Fsp3) is 0.375. The molecule has 0 fully saturated rings. The lowest BCUT2D eigenvalue weighted by Crippen LogP contribution is -2.11. The van der Waals surface area contributed by atoms with Gasteiger partial charge in [-0.15, -0.1) is 0 Å². The predicted octanol–water partition coefficient (Wildman–Crippen LogP) is 0.158. The minimum Gasteiger partial charge on any atom is -0.384 e. The minimum absolute atomic E-state index is 0.604. The molecular weight excluding hydrogens is 200 g/mol. The molecule has 1 rings (SSSR count). The molecule has 1 atom stereocenters. The molecule has 0 aliphatic carbocycles. The maximum Gasteiger partial charge on any atom is 0.141 e. The van der Waals surface area contributed by atoms with Crippen molar-refractivity contribution in [3.05, 3.63) is 18.3 Å². The van der Waals surface area contributed by atoms with Crippen molar-refractivity contribution in [2.75, 3.05) is 29.3 Å². The van der Waals surface area contributed by atoms with Gasteiger partial charge in [-0.2, -0.15) is 0 Å². The summed E-state index contributed by atoms with van der Waals surface area (Å²) in [6, 6.07) is 3.62. The Morgan fingerprint density at radius 1 is 1.64 bits per heavy atom. The number of pyridine rings is 1. The topological polar surface area (TPSA) is 80.0 Å². The van der Waals surface area contributed by atoms with Crippen LogP contribution in [0.15, 0.2) is 18.3 Å². The maximum absolute atomic E-state index is 10.8. The molecule has 0 amide bonds. The molecule has 6 heteroatoms. The van der Waals surface area contributed by atoms with Gasteiger partial charge in [-0.3, -0.25) is 4.21 Å². The monoisotopic (exact) mass is 214 g/mol. The Labute approximate surface area is 85.5 Å². The van der Waals surface area contributed by atoms with Crippen LogP contribution in [0.1, 0.15) is 0 Å². The van der Waals surface area contributed by atoms with E-state index in [-0.39, 0.29) is 0 Å². The van der Waals surface area contributed by atoms with E-state index in [1.165, 1.54) is 0 Å². The Hall–Kier alpha value is -1.14. The van der Waals surface area contributed by atoms with Gasteiger partial charge >= 0.3 is 0 Å². The molecule has 0 bridgehead atoms. The van der Waals surface area contributed by atoms with Gasteiger partial charge in [0, 0.05) is 47.3 Å². The second kappa shape index (κ2) is 5.56. The first-order chi connectivity index (χ1) is 6.72. The molecule has 78 valence electrons. The van der Waals surface area contributed by atoms with Crippen molar-refractivity contribution in [3.8, 4) is 0 Å². The second-order valence-electron chi connectivity index (χ2n) is 2.78. The summed E-state index contributed by atoms with van der Waals surface area (Å²) in [5.74, 6) is 6.44. The lowest BCUT2D eigenvalue weighted by Gasteiger charge is -2.06. The van der Waals surface area contributed by atoms with Crippen LogP contribution in [0.4, 0.5) is 11.5 Å². The van der Waals surface area contributed by atoms with Crippen molar-refractivity contribution in [2.45, 2.75) is 0 Å². The number of rotatable bonds is 5. The first-order valence-electron chi connectivity index (χ1n) is 4.19. The average Bonchev–Trinajstić information content (AvgIpc) is 2.18. The quantitative estimate of drug-likeness (QED) is 0.480. The Balaban J connectivity index is 2.46. The van der Waals surface area contributed by atoms with Gasteiger partial charge in [0.2, 0.25) is 0 Å². The molecule has 1 unspecified atom stereocenters. The van der Waals surface area contributed by atoms with Crippen LogP contribution in [0.5, 0.6) is 0 Å². The number of anilines is 2. The zero-order valence-corrected chi connectivity index (χ0v) is 8.80. The van der Waals surface area contributed by atoms with Gasteiger partial charge in [-0.25, -0.2) is 10.8 Å². The van der Waals surface area contributed by atoms with E-state index in [4.69, 9.17) is 5.84 Å². The number of hydrazine groups is 1. The molecule has 0 saturated heterocycles. The normalized spacial score (nSPS) is 12.1. The zero-order chi connectivity index (χ0) is 10.4. The van der Waals surface area contributed by atoms with Gasteiger partial charge in [0.25, 0.3) is 0 Å². The Bertz CT molecular complexity index is 318. The van der Waals surface area contributed by atoms with Crippen molar-refractivity contribution in [1.29, 1.82) is 0 Å². The van der Waals surface area contributed by atoms with Crippen molar-refractivity contribution in [2.24, 2.45) is 5.84 Å². The van der Waals surface area contributed by atoms with Crippen LogP contribution < -0.4 is 16.6 Å². The molecule has 5 nitrogen and oxygen atoms in total. The zero-order valence-electron chi connectivity index (χ0n) is 7.99. The van der Waals surface area contributed by atoms with E-state index >= 15 is 0 Å². The largest absolute Gasteiger partial charge is 0.384 e. The van der Waals surface area contributed by atoms with E-state index in [0.717, 1.165) is 5.69 Å². The van der Waals surface area contributed by atoms with Crippen LogP contribution >= 0.6 is 0 Å². The number of aromatic nitrogens is 1. The van der Waals surface area contributed by atoms with Gasteiger partial charge in [0.05, 0.1) is 0 Å². The van der Waals surface area contributed by atoms with Crippen LogP contribution in [0, 0.1) is 0 Å². The highest BCUT2D eigenvalue weighted by Gasteiger charge is 1.95. The summed E-state index contributed by atoms with van der Waals surface area (Å²) in [6.45, 7) is 0.678. The summed E-state index contributed by atoms with van der Waals surface area (Å²) in [5, 5.41) is 3.12. The highest BCUT2D eigenvalue weighted by molar-refractivity contribution is 7.84. The van der Waals surface area contributed by atoms with E-state index in [1.54, 1.807) is 18.5 Å². The standard InChI is InChI=1S/C8H14N4OS/c1-14(13)5-4-10-7-2-3-11-8(6-7)12-9/h2-3,6H,4-5,9H2,1H3,(H2,10,11,12). The number of hydrogen-bond donors (Lipinski definition) is 3.